The summed E-state index contributed by atoms with van der Waals surface area (Å²) in [6, 6.07) is 21.5. The summed E-state index contributed by atoms with van der Waals surface area (Å²) in [5, 5.41) is 16.2. The quantitative estimate of drug-likeness (QED) is 0.290. The van der Waals surface area contributed by atoms with Gasteiger partial charge in [-0.3, -0.25) is 14.5 Å². The van der Waals surface area contributed by atoms with Crippen LogP contribution in [0.3, 0.4) is 0 Å². The second-order valence-corrected chi connectivity index (χ2v) is 14.0. The minimum atomic E-state index is -0.862. The molecule has 0 bridgehead atoms. The van der Waals surface area contributed by atoms with Crippen LogP contribution < -0.4 is 10.2 Å². The molecule has 52 heavy (non-hydrogen) atoms. The number of likely N-dealkylation sites (N-methyl/N-ethyl adjacent to an activating group) is 1. The Morgan fingerprint density at radius 1 is 0.942 bits per heavy atom. The Morgan fingerprint density at radius 3 is 2.40 bits per heavy atom. The molecule has 7 rings (SSSR count). The number of phenolic OH excluding ortho intramolecular Hbond substituents is 1. The molecule has 0 saturated carbocycles. The number of anilines is 1. The van der Waals surface area contributed by atoms with E-state index < -0.39 is 12.2 Å². The average Bonchev–Trinajstić information content (AvgIpc) is 3.13. The largest absolute Gasteiger partial charge is 0.508 e. The summed E-state index contributed by atoms with van der Waals surface area (Å²) < 4.78 is 0. The van der Waals surface area contributed by atoms with Gasteiger partial charge in [0.2, 0.25) is 11.8 Å². The molecule has 4 amide bonds. The number of nitrogens with zero attached hydrogens (tertiary/aromatic N) is 8. The fourth-order valence-corrected chi connectivity index (χ4v) is 7.80. The van der Waals surface area contributed by atoms with Crippen molar-refractivity contribution >= 4 is 23.7 Å². The van der Waals surface area contributed by atoms with Gasteiger partial charge in [0.25, 0.3) is 0 Å². The fraction of sp³-hybridized carbons (Fsp3) is 0.436. The lowest BCUT2D eigenvalue weighted by atomic mass is 9.98. The monoisotopic (exact) mass is 707 g/mol. The normalized spacial score (nSPS) is 21.9. The molecule has 274 valence electrons. The number of benzene rings is 2. The zero-order chi connectivity index (χ0) is 36.2. The van der Waals surface area contributed by atoms with E-state index in [1.165, 1.54) is 0 Å². The second-order valence-electron chi connectivity index (χ2n) is 14.0. The number of pyridine rings is 1. The SMILES string of the molecule is C=CCN1CC(=O)N2C(CN(Cc3cccc(N4CC(N5CCN(CC)CC5)C4)n3)C(=O)[C@@H]2Cc2ccc(O)cc2)N1C(=O)NCc1ccccc1. The van der Waals surface area contributed by atoms with E-state index in [0.29, 0.717) is 12.6 Å². The molecule has 0 aliphatic carbocycles. The number of nitrogens with one attached hydrogen (secondary N) is 1. The Morgan fingerprint density at radius 2 is 1.69 bits per heavy atom. The second kappa shape index (κ2) is 15.7. The molecule has 0 radical (unpaired) electrons. The van der Waals surface area contributed by atoms with Crippen LogP contribution in [0.2, 0.25) is 0 Å². The molecular weight excluding hydrogens is 658 g/mol. The van der Waals surface area contributed by atoms with Gasteiger partial charge in [-0.2, -0.15) is 0 Å². The van der Waals surface area contributed by atoms with Crippen LogP contribution in [0.25, 0.3) is 0 Å². The van der Waals surface area contributed by atoms with Crippen LogP contribution in [0, 0.1) is 0 Å². The first-order valence-electron chi connectivity index (χ1n) is 18.3. The Balaban J connectivity index is 1.12. The number of hydrogen-bond acceptors (Lipinski definition) is 9. The lowest BCUT2D eigenvalue weighted by molar-refractivity contribution is -0.189. The van der Waals surface area contributed by atoms with Gasteiger partial charge in [0.15, 0.2) is 0 Å². The fourth-order valence-electron chi connectivity index (χ4n) is 7.80. The average molecular weight is 708 g/mol. The highest BCUT2D eigenvalue weighted by Crippen LogP contribution is 2.30. The van der Waals surface area contributed by atoms with Gasteiger partial charge in [-0.25, -0.2) is 19.8 Å². The number of urea groups is 1. The highest BCUT2D eigenvalue weighted by atomic mass is 16.3. The van der Waals surface area contributed by atoms with Gasteiger partial charge in [0.1, 0.15) is 23.8 Å². The van der Waals surface area contributed by atoms with Crippen molar-refractivity contribution in [2.24, 2.45) is 0 Å². The Bertz CT molecular complexity index is 1730. The van der Waals surface area contributed by atoms with Crippen LogP contribution in [0.5, 0.6) is 5.75 Å². The highest BCUT2D eigenvalue weighted by Gasteiger charge is 2.51. The number of rotatable bonds is 11. The van der Waals surface area contributed by atoms with Crippen molar-refractivity contribution in [3.63, 3.8) is 0 Å². The van der Waals surface area contributed by atoms with E-state index in [-0.39, 0.29) is 56.2 Å². The molecule has 5 heterocycles. The molecule has 4 aliphatic heterocycles. The summed E-state index contributed by atoms with van der Waals surface area (Å²) >= 11 is 0. The summed E-state index contributed by atoms with van der Waals surface area (Å²) in [6.07, 6.45) is 1.14. The smallest absolute Gasteiger partial charge is 0.334 e. The molecule has 2 aromatic carbocycles. The topological polar surface area (TPSA) is 119 Å². The molecule has 2 atom stereocenters. The van der Waals surface area contributed by atoms with Gasteiger partial charge < -0.3 is 30.0 Å². The van der Waals surface area contributed by atoms with E-state index in [0.717, 1.165) is 68.5 Å². The van der Waals surface area contributed by atoms with Gasteiger partial charge in [-0.1, -0.05) is 61.5 Å². The molecule has 2 N–H and O–H groups in total. The minimum Gasteiger partial charge on any atom is -0.508 e. The van der Waals surface area contributed by atoms with Crippen LogP contribution in [0.15, 0.2) is 85.5 Å². The molecule has 3 aromatic rings. The van der Waals surface area contributed by atoms with Crippen molar-refractivity contribution < 1.29 is 19.5 Å². The molecule has 4 saturated heterocycles. The molecule has 13 nitrogen and oxygen atoms in total. The first-order valence-corrected chi connectivity index (χ1v) is 18.3. The maximum atomic E-state index is 14.4. The molecule has 1 aromatic heterocycles. The van der Waals surface area contributed by atoms with Crippen molar-refractivity contribution in [2.45, 2.75) is 44.7 Å². The standard InChI is InChI=1S/C39H49N9O4/c1-3-17-46-28-37(50)47-34(22-29-13-15-33(49)16-14-29)38(51)45(27-36(47)48(46)39(52)40-23-30-9-6-5-7-10-30)24-31-11-8-12-35(41-31)44-25-32(26-44)43-20-18-42(4-2)19-21-43/h3,5-16,32,34,36,49H,1,4,17-28H2,2H3,(H,40,52)/t34-,36?/m0/s1. The van der Waals surface area contributed by atoms with E-state index in [1.54, 1.807) is 50.2 Å². The maximum absolute atomic E-state index is 14.4. The van der Waals surface area contributed by atoms with Crippen LogP contribution in [0.4, 0.5) is 10.6 Å². The molecule has 1 unspecified atom stereocenters. The molecule has 4 aliphatic rings. The first kappa shape index (κ1) is 35.4. The molecule has 13 heteroatoms. The molecule has 0 spiro atoms. The third-order valence-corrected chi connectivity index (χ3v) is 10.7. The summed E-state index contributed by atoms with van der Waals surface area (Å²) in [6.45, 7) is 14.3. The van der Waals surface area contributed by atoms with E-state index >= 15 is 0 Å². The zero-order valence-corrected chi connectivity index (χ0v) is 29.9. The number of hydrazine groups is 1. The predicted molar refractivity (Wildman–Crippen MR) is 198 cm³/mol. The Labute approximate surface area is 305 Å². The minimum absolute atomic E-state index is 0.0741. The van der Waals surface area contributed by atoms with Crippen LogP contribution in [-0.4, -0.2) is 141 Å². The Hall–Kier alpha value is -4.98. The maximum Gasteiger partial charge on any atom is 0.334 e. The molecule has 4 fully saturated rings. The number of amides is 4. The predicted octanol–water partition coefficient (Wildman–Crippen LogP) is 2.35. The van der Waals surface area contributed by atoms with E-state index in [2.05, 4.69) is 33.5 Å². The van der Waals surface area contributed by atoms with Gasteiger partial charge in [0.05, 0.1) is 25.3 Å². The number of phenols is 1. The highest BCUT2D eigenvalue weighted by molar-refractivity contribution is 5.91. The number of aromatic nitrogens is 1. The van der Waals surface area contributed by atoms with Crippen molar-refractivity contribution in [3.05, 3.63) is 102 Å². The van der Waals surface area contributed by atoms with E-state index in [9.17, 15) is 19.5 Å². The molecular formula is C39H49N9O4. The lowest BCUT2D eigenvalue weighted by Crippen LogP contribution is -2.76. The van der Waals surface area contributed by atoms with Gasteiger partial charge in [0, 0.05) is 64.8 Å². The summed E-state index contributed by atoms with van der Waals surface area (Å²) in [7, 11) is 0. The van der Waals surface area contributed by atoms with Gasteiger partial charge in [-0.15, -0.1) is 6.58 Å². The van der Waals surface area contributed by atoms with Crippen molar-refractivity contribution in [2.75, 3.05) is 70.3 Å². The number of fused-ring (bicyclic) bond motifs is 1. The van der Waals surface area contributed by atoms with Crippen molar-refractivity contribution in [1.29, 1.82) is 0 Å². The summed E-state index contributed by atoms with van der Waals surface area (Å²) in [5.74, 6) is 0.563. The van der Waals surface area contributed by atoms with Crippen LogP contribution in [-0.2, 0) is 29.1 Å². The zero-order valence-electron chi connectivity index (χ0n) is 29.9. The third-order valence-electron chi connectivity index (χ3n) is 10.7. The summed E-state index contributed by atoms with van der Waals surface area (Å²) in [5.41, 5.74) is 2.48. The van der Waals surface area contributed by atoms with Gasteiger partial charge >= 0.3 is 6.03 Å². The lowest BCUT2D eigenvalue weighted by Gasteiger charge is -2.55. The van der Waals surface area contributed by atoms with Crippen molar-refractivity contribution in [3.8, 4) is 5.75 Å². The summed E-state index contributed by atoms with van der Waals surface area (Å²) in [4.78, 5) is 58.1. The van der Waals surface area contributed by atoms with Gasteiger partial charge in [-0.05, 0) is 41.9 Å². The van der Waals surface area contributed by atoms with E-state index in [1.807, 2.05) is 48.5 Å². The number of carbonyl (C=O) groups is 3. The van der Waals surface area contributed by atoms with Crippen molar-refractivity contribution in [1.82, 2.24) is 39.9 Å². The van der Waals surface area contributed by atoms with E-state index in [4.69, 9.17) is 4.98 Å². The number of aromatic hydroxyl groups is 1. The number of carbonyl (C=O) groups excluding carboxylic acids is 3. The number of hydrogen-bond donors (Lipinski definition) is 2. The third kappa shape index (κ3) is 7.62. The van der Waals surface area contributed by atoms with Crippen LogP contribution >= 0.6 is 0 Å². The Kier molecular flexibility index (Phi) is 10.7. The number of piperazine rings is 2. The van der Waals surface area contributed by atoms with Crippen LogP contribution in [0.1, 0.15) is 23.7 Å². The first-order chi connectivity index (χ1) is 25.3.